The minimum Gasteiger partial charge on any atom is -0.311 e. The van der Waals surface area contributed by atoms with Crippen LogP contribution in [-0.2, 0) is 4.79 Å². The standard InChI is InChI=1S/C16H13BrFNO/c17-13-9-16(20)19(10-13)15-7-3-12(4-8-15)11-1-5-14(18)6-2-11/h1-8,13H,9-10H2. The molecule has 2 aromatic carbocycles. The van der Waals surface area contributed by atoms with E-state index >= 15 is 0 Å². The molecule has 1 aliphatic rings. The zero-order valence-corrected chi connectivity index (χ0v) is 12.3. The Kier molecular flexibility index (Phi) is 3.57. The van der Waals surface area contributed by atoms with Crippen LogP contribution >= 0.6 is 15.9 Å². The zero-order chi connectivity index (χ0) is 14.1. The third-order valence-corrected chi connectivity index (χ3v) is 4.05. The number of hydrogen-bond donors (Lipinski definition) is 0. The third-order valence-electron chi connectivity index (χ3n) is 3.43. The number of benzene rings is 2. The minimum atomic E-state index is -0.239. The van der Waals surface area contributed by atoms with Crippen LogP contribution in [-0.4, -0.2) is 17.3 Å². The van der Waals surface area contributed by atoms with Gasteiger partial charge in [-0.1, -0.05) is 40.2 Å². The lowest BCUT2D eigenvalue weighted by molar-refractivity contribution is -0.117. The Morgan fingerprint density at radius 3 is 2.05 bits per heavy atom. The van der Waals surface area contributed by atoms with Gasteiger partial charge in [0.2, 0.25) is 5.91 Å². The van der Waals surface area contributed by atoms with Crippen molar-refractivity contribution in [3.63, 3.8) is 0 Å². The second-order valence-corrected chi connectivity index (χ2v) is 6.15. The second kappa shape index (κ2) is 5.37. The van der Waals surface area contributed by atoms with E-state index in [0.29, 0.717) is 13.0 Å². The molecule has 0 aliphatic carbocycles. The van der Waals surface area contributed by atoms with Crippen LogP contribution < -0.4 is 4.90 Å². The number of hydrogen-bond acceptors (Lipinski definition) is 1. The maximum Gasteiger partial charge on any atom is 0.228 e. The van der Waals surface area contributed by atoms with Crippen molar-refractivity contribution in [2.24, 2.45) is 0 Å². The van der Waals surface area contributed by atoms with Crippen LogP contribution in [0.25, 0.3) is 11.1 Å². The lowest BCUT2D eigenvalue weighted by Gasteiger charge is -2.16. The minimum absolute atomic E-state index is 0.140. The van der Waals surface area contributed by atoms with E-state index in [1.54, 1.807) is 17.0 Å². The molecule has 1 atom stereocenters. The molecule has 1 heterocycles. The van der Waals surface area contributed by atoms with Gasteiger partial charge in [0, 0.05) is 23.5 Å². The molecule has 0 bridgehead atoms. The predicted octanol–water partition coefficient (Wildman–Crippen LogP) is 3.99. The average molecular weight is 334 g/mol. The summed E-state index contributed by atoms with van der Waals surface area (Å²) < 4.78 is 12.9. The molecule has 3 rings (SSSR count). The van der Waals surface area contributed by atoms with Gasteiger partial charge in [-0.15, -0.1) is 0 Å². The first kappa shape index (κ1) is 13.3. The van der Waals surface area contributed by atoms with Crippen molar-refractivity contribution in [2.75, 3.05) is 11.4 Å². The summed E-state index contributed by atoms with van der Waals surface area (Å²) in [5, 5.41) is 0. The third kappa shape index (κ3) is 2.61. The molecule has 102 valence electrons. The highest BCUT2D eigenvalue weighted by molar-refractivity contribution is 9.09. The maximum atomic E-state index is 12.9. The molecular weight excluding hydrogens is 321 g/mol. The first-order valence-corrected chi connectivity index (χ1v) is 7.35. The van der Waals surface area contributed by atoms with E-state index in [2.05, 4.69) is 15.9 Å². The maximum absolute atomic E-state index is 12.9. The van der Waals surface area contributed by atoms with Gasteiger partial charge in [-0.05, 0) is 35.4 Å². The lowest BCUT2D eigenvalue weighted by atomic mass is 10.1. The summed E-state index contributed by atoms with van der Waals surface area (Å²) in [4.78, 5) is 13.8. The Morgan fingerprint density at radius 1 is 1.00 bits per heavy atom. The summed E-state index contributed by atoms with van der Waals surface area (Å²) >= 11 is 3.48. The van der Waals surface area contributed by atoms with Crippen LogP contribution in [0.5, 0.6) is 0 Å². The van der Waals surface area contributed by atoms with Gasteiger partial charge in [-0.25, -0.2) is 4.39 Å². The van der Waals surface area contributed by atoms with Crippen LogP contribution in [0.4, 0.5) is 10.1 Å². The molecule has 0 saturated carbocycles. The van der Waals surface area contributed by atoms with Crippen molar-refractivity contribution in [3.05, 3.63) is 54.3 Å². The fourth-order valence-corrected chi connectivity index (χ4v) is 2.96. The van der Waals surface area contributed by atoms with Crippen molar-refractivity contribution < 1.29 is 9.18 Å². The Balaban J connectivity index is 1.84. The fraction of sp³-hybridized carbons (Fsp3) is 0.188. The van der Waals surface area contributed by atoms with Crippen LogP contribution in [0.2, 0.25) is 0 Å². The predicted molar refractivity (Wildman–Crippen MR) is 81.5 cm³/mol. The van der Waals surface area contributed by atoms with Crippen LogP contribution in [0.3, 0.4) is 0 Å². The molecule has 1 fully saturated rings. The van der Waals surface area contributed by atoms with E-state index < -0.39 is 0 Å². The van der Waals surface area contributed by atoms with Crippen molar-refractivity contribution >= 4 is 27.5 Å². The fourth-order valence-electron chi connectivity index (χ4n) is 2.39. The van der Waals surface area contributed by atoms with Crippen molar-refractivity contribution in [3.8, 4) is 11.1 Å². The van der Waals surface area contributed by atoms with Gasteiger partial charge in [0.15, 0.2) is 0 Å². The molecule has 4 heteroatoms. The Labute approximate surface area is 125 Å². The van der Waals surface area contributed by atoms with E-state index in [1.165, 1.54) is 12.1 Å². The van der Waals surface area contributed by atoms with Gasteiger partial charge in [0.05, 0.1) is 0 Å². The molecule has 0 aromatic heterocycles. The molecule has 0 N–H and O–H groups in total. The summed E-state index contributed by atoms with van der Waals surface area (Å²) in [7, 11) is 0. The highest BCUT2D eigenvalue weighted by atomic mass is 79.9. The van der Waals surface area contributed by atoms with Crippen LogP contribution in [0.1, 0.15) is 6.42 Å². The smallest absolute Gasteiger partial charge is 0.228 e. The van der Waals surface area contributed by atoms with Crippen LogP contribution in [0, 0.1) is 5.82 Å². The van der Waals surface area contributed by atoms with Gasteiger partial charge in [0.25, 0.3) is 0 Å². The molecule has 0 spiro atoms. The Hall–Kier alpha value is -1.68. The number of amides is 1. The number of nitrogens with zero attached hydrogens (tertiary/aromatic N) is 1. The Morgan fingerprint density at radius 2 is 1.55 bits per heavy atom. The molecular formula is C16H13BrFNO. The second-order valence-electron chi connectivity index (χ2n) is 4.86. The molecule has 2 nitrogen and oxygen atoms in total. The number of halogens is 2. The SMILES string of the molecule is O=C1CC(Br)CN1c1ccc(-c2ccc(F)cc2)cc1. The molecule has 1 aliphatic heterocycles. The lowest BCUT2D eigenvalue weighted by Crippen LogP contribution is -2.24. The molecule has 1 amide bonds. The number of carbonyl (C=O) groups excluding carboxylic acids is 1. The summed E-state index contributed by atoms with van der Waals surface area (Å²) in [6.45, 7) is 0.703. The van der Waals surface area contributed by atoms with Crippen molar-refractivity contribution in [1.82, 2.24) is 0 Å². The van der Waals surface area contributed by atoms with E-state index in [4.69, 9.17) is 0 Å². The number of rotatable bonds is 2. The van der Waals surface area contributed by atoms with Gasteiger partial charge in [-0.2, -0.15) is 0 Å². The summed E-state index contributed by atoms with van der Waals surface area (Å²) in [6.07, 6.45) is 0.541. The number of carbonyl (C=O) groups is 1. The number of anilines is 1. The van der Waals surface area contributed by atoms with Crippen LogP contribution in [0.15, 0.2) is 48.5 Å². The van der Waals surface area contributed by atoms with E-state index in [1.807, 2.05) is 24.3 Å². The van der Waals surface area contributed by atoms with Gasteiger partial charge in [0.1, 0.15) is 5.82 Å². The quantitative estimate of drug-likeness (QED) is 0.761. The van der Waals surface area contributed by atoms with Gasteiger partial charge >= 0.3 is 0 Å². The molecule has 20 heavy (non-hydrogen) atoms. The number of alkyl halides is 1. The van der Waals surface area contributed by atoms with Crippen molar-refractivity contribution in [2.45, 2.75) is 11.2 Å². The summed E-state index contributed by atoms with van der Waals surface area (Å²) in [5.41, 5.74) is 2.88. The van der Waals surface area contributed by atoms with E-state index in [9.17, 15) is 9.18 Å². The Bertz CT molecular complexity index is 624. The normalized spacial score (nSPS) is 18.6. The summed E-state index contributed by atoms with van der Waals surface area (Å²) in [5.74, 6) is -0.0993. The molecule has 0 radical (unpaired) electrons. The van der Waals surface area contributed by atoms with E-state index in [-0.39, 0.29) is 16.6 Å². The zero-order valence-electron chi connectivity index (χ0n) is 10.7. The topological polar surface area (TPSA) is 20.3 Å². The molecule has 2 aromatic rings. The molecule has 1 saturated heterocycles. The summed E-state index contributed by atoms with van der Waals surface area (Å²) in [6, 6.07) is 14.2. The van der Waals surface area contributed by atoms with Crippen molar-refractivity contribution in [1.29, 1.82) is 0 Å². The average Bonchev–Trinajstić information content (AvgIpc) is 2.79. The highest BCUT2D eigenvalue weighted by Crippen LogP contribution is 2.28. The van der Waals surface area contributed by atoms with Gasteiger partial charge in [-0.3, -0.25) is 4.79 Å². The van der Waals surface area contributed by atoms with Gasteiger partial charge < -0.3 is 4.90 Å². The monoisotopic (exact) mass is 333 g/mol. The largest absolute Gasteiger partial charge is 0.311 e. The molecule has 1 unspecified atom stereocenters. The first-order chi connectivity index (χ1) is 9.63. The first-order valence-electron chi connectivity index (χ1n) is 6.44. The van der Waals surface area contributed by atoms with E-state index in [0.717, 1.165) is 16.8 Å². The highest BCUT2D eigenvalue weighted by Gasteiger charge is 2.28.